The van der Waals surface area contributed by atoms with Gasteiger partial charge in [0, 0.05) is 13.2 Å². The van der Waals surface area contributed by atoms with E-state index in [0.29, 0.717) is 19.6 Å². The fraction of sp³-hybridized carbons (Fsp3) is 0.909. The van der Waals surface area contributed by atoms with Gasteiger partial charge in [-0.3, -0.25) is 4.79 Å². The predicted octanol–water partition coefficient (Wildman–Crippen LogP) is 0.786. The van der Waals surface area contributed by atoms with E-state index in [1.807, 2.05) is 11.8 Å². The number of nitrogens with zero attached hydrogens (tertiary/aromatic N) is 1. The molecule has 15 heavy (non-hydrogen) atoms. The van der Waals surface area contributed by atoms with E-state index in [9.17, 15) is 4.79 Å². The highest BCUT2D eigenvalue weighted by Gasteiger charge is 2.25. The van der Waals surface area contributed by atoms with Crippen LogP contribution >= 0.6 is 0 Å². The van der Waals surface area contributed by atoms with Crippen LogP contribution in [0.3, 0.4) is 0 Å². The van der Waals surface area contributed by atoms with Crippen LogP contribution in [-0.2, 0) is 9.53 Å². The Kier molecular flexibility index (Phi) is 5.65. The van der Waals surface area contributed by atoms with Crippen molar-refractivity contribution in [1.29, 1.82) is 0 Å². The number of carbonyl (C=O) groups is 1. The molecule has 1 aliphatic rings. The summed E-state index contributed by atoms with van der Waals surface area (Å²) in [5.74, 6) is 0.113. The van der Waals surface area contributed by atoms with Crippen molar-refractivity contribution in [2.45, 2.75) is 38.6 Å². The summed E-state index contributed by atoms with van der Waals surface area (Å²) < 4.78 is 5.15. The molecule has 1 unspecified atom stereocenters. The van der Waals surface area contributed by atoms with Gasteiger partial charge in [-0.25, -0.2) is 0 Å². The molecule has 0 bridgehead atoms. The molecule has 4 nitrogen and oxygen atoms in total. The van der Waals surface area contributed by atoms with E-state index in [2.05, 4.69) is 0 Å². The van der Waals surface area contributed by atoms with Gasteiger partial charge in [0.1, 0.15) is 0 Å². The van der Waals surface area contributed by atoms with Gasteiger partial charge in [0.15, 0.2) is 0 Å². The molecule has 0 aliphatic carbocycles. The number of carbonyl (C=O) groups excluding carboxylic acids is 1. The molecular formula is C11H21NO3. The first-order valence-electron chi connectivity index (χ1n) is 5.77. The third-order valence-corrected chi connectivity index (χ3v) is 2.82. The van der Waals surface area contributed by atoms with Crippen LogP contribution in [0.5, 0.6) is 0 Å². The van der Waals surface area contributed by atoms with Gasteiger partial charge in [0.2, 0.25) is 5.91 Å². The lowest BCUT2D eigenvalue weighted by atomic mass is 10.0. The first kappa shape index (κ1) is 12.5. The van der Waals surface area contributed by atoms with Crippen LogP contribution < -0.4 is 0 Å². The number of hydrogen-bond donors (Lipinski definition) is 1. The molecule has 0 aromatic carbocycles. The molecule has 1 aliphatic heterocycles. The van der Waals surface area contributed by atoms with Gasteiger partial charge in [0.25, 0.3) is 0 Å². The topological polar surface area (TPSA) is 49.8 Å². The molecule has 1 rings (SSSR count). The smallest absolute Gasteiger partial charge is 0.225 e. The monoisotopic (exact) mass is 215 g/mol. The molecule has 0 aromatic heterocycles. The molecule has 1 atom stereocenters. The number of aliphatic hydroxyl groups excluding tert-OH is 1. The Balaban J connectivity index is 2.34. The van der Waals surface area contributed by atoms with Gasteiger partial charge in [0.05, 0.1) is 25.7 Å². The quantitative estimate of drug-likeness (QED) is 0.690. The second kappa shape index (κ2) is 6.80. The summed E-state index contributed by atoms with van der Waals surface area (Å²) in [7, 11) is 0. The van der Waals surface area contributed by atoms with E-state index in [1.54, 1.807) is 0 Å². The van der Waals surface area contributed by atoms with Crippen molar-refractivity contribution >= 4 is 5.91 Å². The van der Waals surface area contributed by atoms with Crippen LogP contribution in [0.1, 0.15) is 32.6 Å². The van der Waals surface area contributed by atoms with E-state index >= 15 is 0 Å². The molecular weight excluding hydrogens is 194 g/mol. The number of likely N-dealkylation sites (tertiary alicyclic amines) is 1. The minimum Gasteiger partial charge on any atom is -0.394 e. The third kappa shape index (κ3) is 3.80. The Morgan fingerprint density at radius 3 is 3.00 bits per heavy atom. The number of piperidine rings is 1. The van der Waals surface area contributed by atoms with Crippen LogP contribution in [0.25, 0.3) is 0 Å². The SMILES string of the molecule is CCOCCC(=O)N1CCCCC1CO. The molecule has 0 radical (unpaired) electrons. The first-order chi connectivity index (χ1) is 7.29. The molecule has 1 amide bonds. The van der Waals surface area contributed by atoms with Crippen molar-refractivity contribution < 1.29 is 14.6 Å². The zero-order valence-electron chi connectivity index (χ0n) is 9.45. The van der Waals surface area contributed by atoms with E-state index in [1.165, 1.54) is 0 Å². The minimum absolute atomic E-state index is 0.0351. The van der Waals surface area contributed by atoms with Crippen LogP contribution in [-0.4, -0.2) is 48.3 Å². The number of hydrogen-bond acceptors (Lipinski definition) is 3. The summed E-state index contributed by atoms with van der Waals surface area (Å²) in [6.07, 6.45) is 3.53. The maximum absolute atomic E-state index is 11.8. The Labute approximate surface area is 91.2 Å². The molecule has 0 aromatic rings. The summed E-state index contributed by atoms with van der Waals surface area (Å²) in [4.78, 5) is 13.6. The normalized spacial score (nSPS) is 21.7. The van der Waals surface area contributed by atoms with E-state index in [-0.39, 0.29) is 18.6 Å². The Bertz CT molecular complexity index is 196. The van der Waals surface area contributed by atoms with E-state index < -0.39 is 0 Å². The van der Waals surface area contributed by atoms with Crippen LogP contribution in [0.15, 0.2) is 0 Å². The average Bonchev–Trinajstić information content (AvgIpc) is 2.29. The van der Waals surface area contributed by atoms with Crippen LogP contribution in [0.2, 0.25) is 0 Å². The molecule has 1 heterocycles. The summed E-state index contributed by atoms with van der Waals surface area (Å²) in [6, 6.07) is 0.0351. The highest BCUT2D eigenvalue weighted by molar-refractivity contribution is 5.76. The second-order valence-electron chi connectivity index (χ2n) is 3.87. The fourth-order valence-corrected chi connectivity index (χ4v) is 1.97. The summed E-state index contributed by atoms with van der Waals surface area (Å²) in [5, 5.41) is 9.16. The van der Waals surface area contributed by atoms with Gasteiger partial charge in [-0.15, -0.1) is 0 Å². The molecule has 0 spiro atoms. The average molecular weight is 215 g/mol. The van der Waals surface area contributed by atoms with Crippen molar-refractivity contribution in [3.05, 3.63) is 0 Å². The number of amides is 1. The van der Waals surface area contributed by atoms with Gasteiger partial charge in [-0.05, 0) is 26.2 Å². The number of rotatable bonds is 5. The van der Waals surface area contributed by atoms with Crippen molar-refractivity contribution in [2.75, 3.05) is 26.4 Å². The summed E-state index contributed by atoms with van der Waals surface area (Å²) in [5.41, 5.74) is 0. The molecule has 0 saturated carbocycles. The molecule has 1 N–H and O–H groups in total. The zero-order valence-corrected chi connectivity index (χ0v) is 9.45. The molecule has 1 saturated heterocycles. The highest BCUT2D eigenvalue weighted by Crippen LogP contribution is 2.17. The Hall–Kier alpha value is -0.610. The molecule has 4 heteroatoms. The van der Waals surface area contributed by atoms with Gasteiger partial charge in [-0.1, -0.05) is 0 Å². The second-order valence-corrected chi connectivity index (χ2v) is 3.87. The lowest BCUT2D eigenvalue weighted by molar-refractivity contribution is -0.137. The Morgan fingerprint density at radius 2 is 2.33 bits per heavy atom. The maximum atomic E-state index is 11.8. The van der Waals surface area contributed by atoms with Gasteiger partial charge >= 0.3 is 0 Å². The van der Waals surface area contributed by atoms with Crippen LogP contribution in [0.4, 0.5) is 0 Å². The van der Waals surface area contributed by atoms with E-state index in [4.69, 9.17) is 9.84 Å². The number of aliphatic hydroxyl groups is 1. The standard InChI is InChI=1S/C11H21NO3/c1-2-15-8-6-11(14)12-7-4-3-5-10(12)9-13/h10,13H,2-9H2,1H3. The van der Waals surface area contributed by atoms with Crippen molar-refractivity contribution in [3.8, 4) is 0 Å². The van der Waals surface area contributed by atoms with Gasteiger partial charge < -0.3 is 14.7 Å². The Morgan fingerprint density at radius 1 is 1.53 bits per heavy atom. The zero-order chi connectivity index (χ0) is 11.1. The lowest BCUT2D eigenvalue weighted by Gasteiger charge is -2.34. The summed E-state index contributed by atoms with van der Waals surface area (Å²) >= 11 is 0. The minimum atomic E-state index is 0.0351. The molecule has 1 fully saturated rings. The van der Waals surface area contributed by atoms with Gasteiger partial charge in [-0.2, -0.15) is 0 Å². The highest BCUT2D eigenvalue weighted by atomic mass is 16.5. The third-order valence-electron chi connectivity index (χ3n) is 2.82. The van der Waals surface area contributed by atoms with Crippen LogP contribution in [0, 0.1) is 0 Å². The van der Waals surface area contributed by atoms with Crippen molar-refractivity contribution in [1.82, 2.24) is 4.90 Å². The summed E-state index contributed by atoms with van der Waals surface area (Å²) in [6.45, 7) is 3.93. The van der Waals surface area contributed by atoms with Crippen molar-refractivity contribution in [2.24, 2.45) is 0 Å². The largest absolute Gasteiger partial charge is 0.394 e. The fourth-order valence-electron chi connectivity index (χ4n) is 1.97. The first-order valence-corrected chi connectivity index (χ1v) is 5.77. The number of ether oxygens (including phenoxy) is 1. The maximum Gasteiger partial charge on any atom is 0.225 e. The molecule has 88 valence electrons. The predicted molar refractivity (Wildman–Crippen MR) is 57.5 cm³/mol. The lowest BCUT2D eigenvalue weighted by Crippen LogP contribution is -2.45. The van der Waals surface area contributed by atoms with Crippen molar-refractivity contribution in [3.63, 3.8) is 0 Å². The van der Waals surface area contributed by atoms with E-state index in [0.717, 1.165) is 25.8 Å².